The summed E-state index contributed by atoms with van der Waals surface area (Å²) in [5.41, 5.74) is -1.23. The van der Waals surface area contributed by atoms with E-state index in [1.54, 1.807) is 13.8 Å². The molecule has 0 unspecified atom stereocenters. The van der Waals surface area contributed by atoms with E-state index in [2.05, 4.69) is 10.8 Å². The Morgan fingerprint density at radius 1 is 1.35 bits per heavy atom. The van der Waals surface area contributed by atoms with Crippen LogP contribution in [0.4, 0.5) is 0 Å². The number of hydrogen-bond acceptors (Lipinski definition) is 4. The van der Waals surface area contributed by atoms with Crippen molar-refractivity contribution >= 4 is 40.3 Å². The fraction of sp³-hybridized carbons (Fsp3) is 0.250. The number of nitrogens with zero attached hydrogens (tertiary/aromatic N) is 1. The van der Waals surface area contributed by atoms with Crippen LogP contribution in [-0.4, -0.2) is 28.6 Å². The Labute approximate surface area is 137 Å². The highest BCUT2D eigenvalue weighted by Crippen LogP contribution is 2.39. The largest absolute Gasteiger partial charge is 0.437 e. The minimum absolute atomic E-state index is 0.0986. The van der Waals surface area contributed by atoms with Crippen molar-refractivity contribution in [1.29, 1.82) is 0 Å². The van der Waals surface area contributed by atoms with Crippen LogP contribution in [0.5, 0.6) is 0 Å². The lowest BCUT2D eigenvalue weighted by Gasteiger charge is -2.14. The predicted molar refractivity (Wildman–Crippen MR) is 85.0 cm³/mol. The summed E-state index contributed by atoms with van der Waals surface area (Å²) in [6.45, 7) is 3.26. The Kier molecular flexibility index (Phi) is 4.74. The SMILES string of the molecule is CC(C)NS(=O)(=O)c1cc2c[c]c(=O)n(P(=O)(O)O)c2cc1Cl. The van der Waals surface area contributed by atoms with Crippen molar-refractivity contribution in [2.75, 3.05) is 0 Å². The molecule has 0 saturated heterocycles. The lowest BCUT2D eigenvalue weighted by molar-refractivity contribution is 0.361. The van der Waals surface area contributed by atoms with Crippen molar-refractivity contribution in [3.8, 4) is 0 Å². The molecule has 0 bridgehead atoms. The highest BCUT2D eigenvalue weighted by atomic mass is 35.5. The number of halogens is 1. The highest BCUT2D eigenvalue weighted by Gasteiger charge is 2.25. The predicted octanol–water partition coefficient (Wildman–Crippen LogP) is 1.08. The van der Waals surface area contributed by atoms with Gasteiger partial charge >= 0.3 is 7.75 Å². The van der Waals surface area contributed by atoms with E-state index in [1.807, 2.05) is 0 Å². The smallest absolute Gasteiger partial charge is 0.308 e. The molecule has 2 rings (SSSR count). The van der Waals surface area contributed by atoms with Gasteiger partial charge < -0.3 is 9.79 Å². The Morgan fingerprint density at radius 2 is 1.96 bits per heavy atom. The van der Waals surface area contributed by atoms with E-state index < -0.39 is 23.3 Å². The molecule has 0 aliphatic carbocycles. The zero-order chi connectivity index (χ0) is 17.6. The Bertz CT molecular complexity index is 979. The van der Waals surface area contributed by atoms with Crippen molar-refractivity contribution < 1.29 is 22.8 Å². The van der Waals surface area contributed by atoms with Crippen LogP contribution in [0.3, 0.4) is 0 Å². The monoisotopic (exact) mass is 379 g/mol. The second-order valence-electron chi connectivity index (χ2n) is 5.04. The van der Waals surface area contributed by atoms with Crippen LogP contribution < -0.4 is 10.3 Å². The molecule has 0 aliphatic heterocycles. The molecule has 0 amide bonds. The average Bonchev–Trinajstić information content (AvgIpc) is 2.34. The van der Waals surface area contributed by atoms with Gasteiger partial charge in [0.05, 0.1) is 16.6 Å². The van der Waals surface area contributed by atoms with E-state index in [-0.39, 0.29) is 31.2 Å². The summed E-state index contributed by atoms with van der Waals surface area (Å²) in [6, 6.07) is 5.08. The van der Waals surface area contributed by atoms with Crippen LogP contribution in [0.15, 0.2) is 27.9 Å². The van der Waals surface area contributed by atoms with Crippen LogP contribution in [0.2, 0.25) is 5.02 Å². The maximum Gasteiger partial charge on any atom is 0.437 e. The minimum Gasteiger partial charge on any atom is -0.308 e. The van der Waals surface area contributed by atoms with Crippen molar-refractivity contribution in [2.45, 2.75) is 24.8 Å². The van der Waals surface area contributed by atoms with Gasteiger partial charge in [-0.25, -0.2) is 22.0 Å². The van der Waals surface area contributed by atoms with E-state index in [0.29, 0.717) is 0 Å². The average molecular weight is 380 g/mol. The number of sulfonamides is 1. The lowest BCUT2D eigenvalue weighted by atomic mass is 10.2. The van der Waals surface area contributed by atoms with Gasteiger partial charge in [0.15, 0.2) is 0 Å². The number of pyridine rings is 1. The van der Waals surface area contributed by atoms with Gasteiger partial charge in [-0.15, -0.1) is 0 Å². The van der Waals surface area contributed by atoms with Gasteiger partial charge in [0.1, 0.15) is 4.90 Å². The third-order valence-corrected chi connectivity index (χ3v) is 5.84. The van der Waals surface area contributed by atoms with E-state index in [4.69, 9.17) is 11.6 Å². The van der Waals surface area contributed by atoms with E-state index in [0.717, 1.165) is 18.2 Å². The van der Waals surface area contributed by atoms with Crippen molar-refractivity contribution in [3.63, 3.8) is 0 Å². The first-order chi connectivity index (χ1) is 10.4. The van der Waals surface area contributed by atoms with Crippen molar-refractivity contribution in [2.24, 2.45) is 0 Å². The molecular weight excluding hydrogens is 367 g/mol. The molecule has 23 heavy (non-hydrogen) atoms. The molecule has 0 saturated carbocycles. The molecule has 8 nitrogen and oxygen atoms in total. The van der Waals surface area contributed by atoms with Gasteiger partial charge in [0, 0.05) is 11.4 Å². The molecule has 1 aromatic carbocycles. The fourth-order valence-electron chi connectivity index (χ4n) is 2.01. The summed E-state index contributed by atoms with van der Waals surface area (Å²) in [7, 11) is -8.87. The zero-order valence-electron chi connectivity index (χ0n) is 12.0. The minimum atomic E-state index is -4.95. The van der Waals surface area contributed by atoms with Crippen LogP contribution >= 0.6 is 19.3 Å². The van der Waals surface area contributed by atoms with E-state index >= 15 is 0 Å². The topological polar surface area (TPSA) is 126 Å². The number of nitrogens with one attached hydrogen (secondary N) is 1. The molecule has 0 fully saturated rings. The van der Waals surface area contributed by atoms with Crippen molar-refractivity contribution in [1.82, 2.24) is 9.06 Å². The first kappa shape index (κ1) is 18.1. The summed E-state index contributed by atoms with van der Waals surface area (Å²) in [5, 5.41) is -0.167. The van der Waals surface area contributed by atoms with Crippen LogP contribution in [-0.2, 0) is 14.6 Å². The van der Waals surface area contributed by atoms with Crippen molar-refractivity contribution in [3.05, 3.63) is 39.6 Å². The molecule has 3 N–H and O–H groups in total. The van der Waals surface area contributed by atoms with E-state index in [1.165, 1.54) is 0 Å². The molecule has 0 aliphatic rings. The summed E-state index contributed by atoms with van der Waals surface area (Å²) in [4.78, 5) is 30.0. The molecule has 1 radical (unpaired) electrons. The summed E-state index contributed by atoms with van der Waals surface area (Å²) in [6.07, 6.45) is 0. The quantitative estimate of drug-likeness (QED) is 0.682. The number of benzene rings is 1. The van der Waals surface area contributed by atoms with Crippen LogP contribution in [0.25, 0.3) is 10.9 Å². The number of aromatic nitrogens is 1. The van der Waals surface area contributed by atoms with Gasteiger partial charge in [-0.05, 0) is 32.0 Å². The molecule has 0 atom stereocenters. The van der Waals surface area contributed by atoms with Crippen LogP contribution in [0, 0.1) is 6.07 Å². The van der Waals surface area contributed by atoms with Gasteiger partial charge in [0.2, 0.25) is 10.0 Å². The number of fused-ring (bicyclic) bond motifs is 1. The molecule has 11 heteroatoms. The Hall–Kier alpha value is -1.22. The third kappa shape index (κ3) is 3.65. The third-order valence-electron chi connectivity index (χ3n) is 2.79. The number of rotatable bonds is 4. The number of hydrogen-bond donors (Lipinski definition) is 3. The standard InChI is InChI=1S/C12H13ClN2O6PS/c1-7(2)14-23(20,21)11-5-8-3-4-12(16)15(22(17,18)19)10(8)6-9(11)13/h3,5-7,14H,1-2H3,(H2,17,18,19). The van der Waals surface area contributed by atoms with E-state index in [9.17, 15) is 27.6 Å². The van der Waals surface area contributed by atoms with Gasteiger partial charge in [-0.1, -0.05) is 11.6 Å². The Morgan fingerprint density at radius 3 is 2.48 bits per heavy atom. The molecule has 2 aromatic rings. The molecular formula is C12H13ClN2O6PS. The van der Waals surface area contributed by atoms with Crippen LogP contribution in [0.1, 0.15) is 13.8 Å². The molecule has 1 heterocycles. The first-order valence-corrected chi connectivity index (χ1v) is 9.72. The van der Waals surface area contributed by atoms with Gasteiger partial charge in [-0.2, -0.15) is 0 Å². The Balaban J connectivity index is 2.83. The molecule has 0 spiro atoms. The van der Waals surface area contributed by atoms with Gasteiger partial charge in [0.25, 0.3) is 5.56 Å². The summed E-state index contributed by atoms with van der Waals surface area (Å²) in [5.74, 6) is 0. The second kappa shape index (κ2) is 6.01. The molecule has 125 valence electrons. The lowest BCUT2D eigenvalue weighted by Crippen LogP contribution is -2.30. The maximum absolute atomic E-state index is 12.2. The summed E-state index contributed by atoms with van der Waals surface area (Å²) < 4.78 is 38.5. The summed E-state index contributed by atoms with van der Waals surface area (Å²) >= 11 is 5.95. The first-order valence-electron chi connectivity index (χ1n) is 6.29. The zero-order valence-corrected chi connectivity index (χ0v) is 14.5. The fourth-order valence-corrected chi connectivity index (χ4v) is 4.56. The molecule has 1 aromatic heterocycles. The second-order valence-corrected chi connectivity index (χ2v) is 8.55. The maximum atomic E-state index is 12.2. The van der Waals surface area contributed by atoms with Gasteiger partial charge in [-0.3, -0.25) is 4.79 Å². The normalized spacial score (nSPS) is 13.0. The highest BCUT2D eigenvalue weighted by molar-refractivity contribution is 7.89.